The van der Waals surface area contributed by atoms with Crippen LogP contribution in [0.3, 0.4) is 0 Å². The minimum absolute atomic E-state index is 0.154. The Bertz CT molecular complexity index is 1690. The maximum Gasteiger partial charge on any atom is 0.256 e. The number of nitrogens with one attached hydrogen (secondary N) is 1. The minimum Gasteiger partial charge on any atom is -0.387 e. The van der Waals surface area contributed by atoms with E-state index in [1.165, 1.54) is 10.9 Å². The molecule has 2 saturated heterocycles. The summed E-state index contributed by atoms with van der Waals surface area (Å²) in [6.45, 7) is 1.57. The first-order valence-corrected chi connectivity index (χ1v) is 14.9. The molecule has 1 aromatic carbocycles. The molecule has 2 aliphatic rings. The van der Waals surface area contributed by atoms with Gasteiger partial charge in [-0.3, -0.25) is 14.4 Å². The fraction of sp³-hybridized carbons (Fsp3) is 0.385. The molecule has 0 radical (unpaired) electrons. The van der Waals surface area contributed by atoms with Crippen molar-refractivity contribution in [2.45, 2.75) is 31.1 Å². The number of ether oxygens (including phenoxy) is 1. The van der Waals surface area contributed by atoms with Crippen LogP contribution in [0.15, 0.2) is 49.1 Å². The third-order valence-corrected chi connectivity index (χ3v) is 9.07. The van der Waals surface area contributed by atoms with E-state index in [2.05, 4.69) is 25.3 Å². The van der Waals surface area contributed by atoms with Crippen LogP contribution in [-0.2, 0) is 33.0 Å². The van der Waals surface area contributed by atoms with Gasteiger partial charge in [-0.05, 0) is 23.8 Å². The van der Waals surface area contributed by atoms with Crippen LogP contribution in [0.2, 0.25) is 0 Å². The standard InChI is InChI=1S/C26H30N8O6S/c1-32-7-6-18(31-32)17-13-34(24-19(17)23(27)28-14-29-24)26-21(36)20(35)22(40-26)25(37)30-16-4-2-15(3-5-16)12-33-8-10-41(38,39)11-9-33/h2-7,13-14,20-22,26,35-36H,8-12H2,1H3,(H,30,37)(H2,27,28,29)/t20-,21+,22-,26+/m0/s1. The Morgan fingerprint density at radius 2 is 1.85 bits per heavy atom. The van der Waals surface area contributed by atoms with Gasteiger partial charge in [0.1, 0.15) is 30.0 Å². The minimum atomic E-state index is -2.95. The van der Waals surface area contributed by atoms with Gasteiger partial charge in [-0.1, -0.05) is 12.1 Å². The van der Waals surface area contributed by atoms with E-state index in [1.807, 2.05) is 12.1 Å². The first-order valence-electron chi connectivity index (χ1n) is 13.0. The fourth-order valence-electron chi connectivity index (χ4n) is 5.23. The Kier molecular flexibility index (Phi) is 6.99. The number of sulfone groups is 1. The Balaban J connectivity index is 1.17. The molecule has 5 heterocycles. The molecular weight excluding hydrogens is 552 g/mol. The maximum atomic E-state index is 13.1. The summed E-state index contributed by atoms with van der Waals surface area (Å²) < 4.78 is 32.4. The Labute approximate surface area is 235 Å². The summed E-state index contributed by atoms with van der Waals surface area (Å²) in [5, 5.41) is 29.4. The normalized spacial score (nSPS) is 24.6. The summed E-state index contributed by atoms with van der Waals surface area (Å²) in [6.07, 6.45) is -0.721. The number of hydrogen-bond acceptors (Lipinski definition) is 11. The quantitative estimate of drug-likeness (QED) is 0.237. The molecule has 5 N–H and O–H groups in total. The number of aryl methyl sites for hydroxylation is 1. The number of aromatic nitrogens is 5. The molecule has 4 atom stereocenters. The van der Waals surface area contributed by atoms with Crippen LogP contribution in [-0.4, -0.2) is 96.7 Å². The van der Waals surface area contributed by atoms with E-state index in [0.717, 1.165) is 5.56 Å². The van der Waals surface area contributed by atoms with E-state index in [1.54, 1.807) is 42.3 Å². The Morgan fingerprint density at radius 1 is 1.12 bits per heavy atom. The smallest absolute Gasteiger partial charge is 0.256 e. The number of rotatable bonds is 6. The molecule has 2 aliphatic heterocycles. The van der Waals surface area contributed by atoms with Crippen molar-refractivity contribution in [3.05, 3.63) is 54.6 Å². The van der Waals surface area contributed by atoms with E-state index < -0.39 is 40.3 Å². The van der Waals surface area contributed by atoms with Crippen LogP contribution in [0, 0.1) is 0 Å². The molecule has 6 rings (SSSR count). The van der Waals surface area contributed by atoms with Crippen molar-refractivity contribution < 1.29 is 28.2 Å². The zero-order valence-electron chi connectivity index (χ0n) is 22.2. The van der Waals surface area contributed by atoms with Gasteiger partial charge < -0.3 is 30.6 Å². The van der Waals surface area contributed by atoms with Gasteiger partial charge in [0.05, 0.1) is 22.6 Å². The van der Waals surface area contributed by atoms with Gasteiger partial charge in [0.15, 0.2) is 22.2 Å². The molecule has 0 unspecified atom stereocenters. The van der Waals surface area contributed by atoms with Crippen LogP contribution in [0.4, 0.5) is 11.5 Å². The third kappa shape index (κ3) is 5.29. The van der Waals surface area contributed by atoms with Crippen LogP contribution in [0.1, 0.15) is 11.8 Å². The van der Waals surface area contributed by atoms with E-state index in [0.29, 0.717) is 47.6 Å². The second-order valence-electron chi connectivity index (χ2n) is 10.3. The molecule has 3 aromatic heterocycles. The van der Waals surface area contributed by atoms with Crippen LogP contribution in [0.25, 0.3) is 22.3 Å². The van der Waals surface area contributed by atoms with Crippen molar-refractivity contribution in [2.75, 3.05) is 35.6 Å². The lowest BCUT2D eigenvalue weighted by Gasteiger charge is -2.26. The molecule has 41 heavy (non-hydrogen) atoms. The lowest BCUT2D eigenvalue weighted by atomic mass is 10.1. The average Bonchev–Trinajstić information content (AvgIpc) is 3.63. The molecule has 0 bridgehead atoms. The average molecular weight is 583 g/mol. The molecule has 4 aromatic rings. The van der Waals surface area contributed by atoms with Crippen molar-refractivity contribution in [2.24, 2.45) is 7.05 Å². The van der Waals surface area contributed by atoms with Gasteiger partial charge >= 0.3 is 0 Å². The van der Waals surface area contributed by atoms with Crippen LogP contribution >= 0.6 is 0 Å². The number of hydrogen-bond donors (Lipinski definition) is 4. The van der Waals surface area contributed by atoms with E-state index in [9.17, 15) is 23.4 Å². The number of anilines is 2. The number of fused-ring (bicyclic) bond motifs is 1. The highest BCUT2D eigenvalue weighted by Crippen LogP contribution is 2.38. The van der Waals surface area contributed by atoms with E-state index >= 15 is 0 Å². The zero-order valence-corrected chi connectivity index (χ0v) is 23.0. The van der Waals surface area contributed by atoms with Gasteiger partial charge in [-0.15, -0.1) is 0 Å². The number of carbonyl (C=O) groups is 1. The summed E-state index contributed by atoms with van der Waals surface area (Å²) in [4.78, 5) is 23.6. The number of nitrogen functional groups attached to an aromatic ring is 1. The van der Waals surface area contributed by atoms with Crippen molar-refractivity contribution in [3.8, 4) is 11.3 Å². The maximum absolute atomic E-state index is 13.1. The zero-order chi connectivity index (χ0) is 28.9. The molecule has 15 heteroatoms. The SMILES string of the molecule is Cn1ccc(-c2cn([C@@H]3O[C@H](C(=O)Nc4ccc(CN5CCS(=O)(=O)CC5)cc4)[C@@H](O)[C@H]3O)c3ncnc(N)c23)n1. The number of aliphatic hydroxyl groups is 2. The summed E-state index contributed by atoms with van der Waals surface area (Å²) in [5.41, 5.74) is 9.20. The Morgan fingerprint density at radius 3 is 2.54 bits per heavy atom. The summed E-state index contributed by atoms with van der Waals surface area (Å²) in [6, 6.07) is 8.93. The van der Waals surface area contributed by atoms with Crippen molar-refractivity contribution in [3.63, 3.8) is 0 Å². The first-order chi connectivity index (χ1) is 19.6. The molecule has 0 spiro atoms. The second-order valence-corrected chi connectivity index (χ2v) is 12.6. The topological polar surface area (TPSA) is 191 Å². The molecule has 2 fully saturated rings. The highest BCUT2D eigenvalue weighted by atomic mass is 32.2. The summed E-state index contributed by atoms with van der Waals surface area (Å²) in [5.74, 6) is -0.100. The van der Waals surface area contributed by atoms with Crippen LogP contribution in [0.5, 0.6) is 0 Å². The lowest BCUT2D eigenvalue weighted by molar-refractivity contribution is -0.132. The van der Waals surface area contributed by atoms with Gasteiger partial charge in [0, 0.05) is 50.3 Å². The Hall–Kier alpha value is -3.89. The number of amides is 1. The van der Waals surface area contributed by atoms with Gasteiger partial charge in [-0.2, -0.15) is 5.10 Å². The number of carbonyl (C=O) groups excluding carboxylic acids is 1. The number of aliphatic hydroxyl groups excluding tert-OH is 2. The van der Waals surface area contributed by atoms with Gasteiger partial charge in [0.25, 0.3) is 5.91 Å². The predicted octanol–water partition coefficient (Wildman–Crippen LogP) is -0.0977. The second kappa shape index (κ2) is 10.5. The highest BCUT2D eigenvalue weighted by Gasteiger charge is 2.48. The molecule has 0 saturated carbocycles. The number of benzene rings is 1. The summed E-state index contributed by atoms with van der Waals surface area (Å²) in [7, 11) is -1.17. The predicted molar refractivity (Wildman–Crippen MR) is 149 cm³/mol. The lowest BCUT2D eigenvalue weighted by Crippen LogP contribution is -2.39. The van der Waals surface area contributed by atoms with Crippen molar-refractivity contribution >= 4 is 38.3 Å². The number of nitrogens with zero attached hydrogens (tertiary/aromatic N) is 6. The third-order valence-electron chi connectivity index (χ3n) is 7.46. The largest absolute Gasteiger partial charge is 0.387 e. The molecule has 0 aliphatic carbocycles. The van der Waals surface area contributed by atoms with Crippen molar-refractivity contribution in [1.29, 1.82) is 0 Å². The van der Waals surface area contributed by atoms with Gasteiger partial charge in [0.2, 0.25) is 0 Å². The van der Waals surface area contributed by atoms with Crippen molar-refractivity contribution in [1.82, 2.24) is 29.2 Å². The molecular formula is C26H30N8O6S. The number of nitrogens with two attached hydrogens (primary N) is 1. The van der Waals surface area contributed by atoms with E-state index in [-0.39, 0.29) is 17.3 Å². The monoisotopic (exact) mass is 582 g/mol. The summed E-state index contributed by atoms with van der Waals surface area (Å²) >= 11 is 0. The van der Waals surface area contributed by atoms with Gasteiger partial charge in [-0.25, -0.2) is 18.4 Å². The molecule has 1 amide bonds. The highest BCUT2D eigenvalue weighted by molar-refractivity contribution is 7.91. The van der Waals surface area contributed by atoms with Crippen LogP contribution < -0.4 is 11.1 Å². The molecule has 14 nitrogen and oxygen atoms in total. The molecule has 216 valence electrons. The fourth-order valence-corrected chi connectivity index (χ4v) is 6.51. The first kappa shape index (κ1) is 27.3. The van der Waals surface area contributed by atoms with E-state index in [4.69, 9.17) is 10.5 Å².